The van der Waals surface area contributed by atoms with E-state index in [9.17, 15) is 14.9 Å². The molecular formula is C24H22N4O3S2. The summed E-state index contributed by atoms with van der Waals surface area (Å²) in [4.78, 5) is 30.4. The minimum Gasteiger partial charge on any atom is -0.449 e. The summed E-state index contributed by atoms with van der Waals surface area (Å²) in [6.07, 6.45) is 8.40. The first-order chi connectivity index (χ1) is 16.1. The van der Waals surface area contributed by atoms with E-state index in [1.807, 2.05) is 29.6 Å². The van der Waals surface area contributed by atoms with E-state index in [-0.39, 0.29) is 11.8 Å². The lowest BCUT2D eigenvalue weighted by Crippen LogP contribution is -2.27. The van der Waals surface area contributed by atoms with Crippen molar-refractivity contribution in [2.75, 3.05) is 11.9 Å². The molecule has 4 rings (SSSR count). The Labute approximate surface area is 199 Å². The van der Waals surface area contributed by atoms with E-state index in [1.165, 1.54) is 17.4 Å². The van der Waals surface area contributed by atoms with Crippen LogP contribution in [-0.4, -0.2) is 23.6 Å². The summed E-state index contributed by atoms with van der Waals surface area (Å²) in [5, 5.41) is 17.8. The number of rotatable bonds is 7. The highest BCUT2D eigenvalue weighted by Gasteiger charge is 2.27. The van der Waals surface area contributed by atoms with Gasteiger partial charge in [0.2, 0.25) is 5.91 Å². The maximum Gasteiger partial charge on any atom is 0.407 e. The molecule has 1 aliphatic carbocycles. The lowest BCUT2D eigenvalue weighted by Gasteiger charge is -2.21. The number of nitriles is 1. The second kappa shape index (κ2) is 10.9. The van der Waals surface area contributed by atoms with Gasteiger partial charge in [0.1, 0.15) is 11.1 Å². The maximum atomic E-state index is 12.3. The maximum absolute atomic E-state index is 12.3. The summed E-state index contributed by atoms with van der Waals surface area (Å²) < 4.78 is 5.41. The molecule has 1 unspecified atom stereocenters. The zero-order valence-corrected chi connectivity index (χ0v) is 19.4. The zero-order valence-electron chi connectivity index (χ0n) is 17.7. The number of amides is 2. The first-order valence-corrected chi connectivity index (χ1v) is 12.2. The molecule has 0 spiro atoms. The smallest absolute Gasteiger partial charge is 0.407 e. The van der Waals surface area contributed by atoms with E-state index in [1.54, 1.807) is 29.8 Å². The molecule has 0 fully saturated rings. The fourth-order valence-corrected chi connectivity index (χ4v) is 5.55. The third-order valence-corrected chi connectivity index (χ3v) is 7.30. The van der Waals surface area contributed by atoms with Crippen LogP contribution in [0.5, 0.6) is 0 Å². The van der Waals surface area contributed by atoms with Gasteiger partial charge in [-0.15, -0.1) is 22.7 Å². The topological polar surface area (TPSA) is 104 Å². The van der Waals surface area contributed by atoms with Crippen molar-refractivity contribution in [1.29, 1.82) is 5.26 Å². The molecule has 1 atom stereocenters. The van der Waals surface area contributed by atoms with Gasteiger partial charge in [0.05, 0.1) is 12.2 Å². The number of nitrogens with one attached hydrogen (secondary N) is 2. The van der Waals surface area contributed by atoms with Gasteiger partial charge >= 0.3 is 6.09 Å². The first kappa shape index (κ1) is 22.7. The van der Waals surface area contributed by atoms with Crippen LogP contribution in [0.15, 0.2) is 48.1 Å². The van der Waals surface area contributed by atoms with Crippen LogP contribution in [0.25, 0.3) is 6.08 Å². The molecule has 0 saturated heterocycles. The van der Waals surface area contributed by atoms with E-state index < -0.39 is 6.09 Å². The number of aromatic nitrogens is 1. The average molecular weight is 479 g/mol. The number of thiophene rings is 2. The number of carbonyl (C=O) groups is 2. The zero-order chi connectivity index (χ0) is 23.0. The number of pyridine rings is 1. The molecule has 33 heavy (non-hydrogen) atoms. The lowest BCUT2D eigenvalue weighted by atomic mass is 9.88. The Morgan fingerprint density at radius 2 is 2.15 bits per heavy atom. The summed E-state index contributed by atoms with van der Waals surface area (Å²) in [5.41, 5.74) is 2.49. The van der Waals surface area contributed by atoms with E-state index in [4.69, 9.17) is 4.74 Å². The summed E-state index contributed by atoms with van der Waals surface area (Å²) in [6.45, 7) is 0.698. The van der Waals surface area contributed by atoms with Crippen LogP contribution in [0, 0.1) is 17.2 Å². The molecule has 3 heterocycles. The SMILES string of the molecule is N#Cc1c(NC(=O)/C=C/c2cccs2)sc2c1CCC(COC(=O)NCc1ccncc1)C2. The van der Waals surface area contributed by atoms with Crippen LogP contribution in [0.1, 0.15) is 32.9 Å². The van der Waals surface area contributed by atoms with Crippen molar-refractivity contribution in [2.24, 2.45) is 5.92 Å². The Morgan fingerprint density at radius 1 is 1.30 bits per heavy atom. The number of alkyl carbamates (subject to hydrolysis) is 1. The summed E-state index contributed by atoms with van der Waals surface area (Å²) in [7, 11) is 0. The van der Waals surface area contributed by atoms with Crippen LogP contribution < -0.4 is 10.6 Å². The van der Waals surface area contributed by atoms with E-state index in [0.717, 1.165) is 33.7 Å². The second-order valence-electron chi connectivity index (χ2n) is 7.57. The van der Waals surface area contributed by atoms with E-state index in [0.29, 0.717) is 30.1 Å². The normalized spacial score (nSPS) is 14.9. The van der Waals surface area contributed by atoms with Crippen molar-refractivity contribution in [1.82, 2.24) is 10.3 Å². The Balaban J connectivity index is 1.31. The predicted octanol–water partition coefficient (Wildman–Crippen LogP) is 4.76. The minimum atomic E-state index is -0.452. The number of nitrogens with zero attached hydrogens (tertiary/aromatic N) is 2. The number of ether oxygens (including phenoxy) is 1. The molecule has 168 valence electrons. The molecular weight excluding hydrogens is 456 g/mol. The average Bonchev–Trinajstić information content (AvgIpc) is 3.47. The van der Waals surface area contributed by atoms with E-state index in [2.05, 4.69) is 21.7 Å². The Hall–Kier alpha value is -3.48. The molecule has 0 aliphatic heterocycles. The molecule has 0 saturated carbocycles. The van der Waals surface area contributed by atoms with Gasteiger partial charge in [0.15, 0.2) is 0 Å². The van der Waals surface area contributed by atoms with E-state index >= 15 is 0 Å². The van der Waals surface area contributed by atoms with Gasteiger partial charge < -0.3 is 15.4 Å². The molecule has 9 heteroatoms. The van der Waals surface area contributed by atoms with Gasteiger partial charge in [-0.1, -0.05) is 6.07 Å². The van der Waals surface area contributed by atoms with Gasteiger partial charge in [-0.25, -0.2) is 4.79 Å². The molecule has 0 aromatic carbocycles. The largest absolute Gasteiger partial charge is 0.449 e. The van der Waals surface area contributed by atoms with Crippen molar-refractivity contribution in [3.05, 3.63) is 74.6 Å². The number of fused-ring (bicyclic) bond motifs is 1. The monoisotopic (exact) mass is 478 g/mol. The fourth-order valence-electron chi connectivity index (χ4n) is 3.62. The molecule has 2 N–H and O–H groups in total. The van der Waals surface area contributed by atoms with Crippen LogP contribution in [0.3, 0.4) is 0 Å². The van der Waals surface area contributed by atoms with Gasteiger partial charge in [0, 0.05) is 34.8 Å². The van der Waals surface area contributed by atoms with Gasteiger partial charge in [-0.2, -0.15) is 5.26 Å². The lowest BCUT2D eigenvalue weighted by molar-refractivity contribution is -0.111. The fraction of sp³-hybridized carbons (Fsp3) is 0.250. The molecule has 0 bridgehead atoms. The van der Waals surface area contributed by atoms with Crippen LogP contribution in [0.4, 0.5) is 9.80 Å². The Bertz CT molecular complexity index is 1180. The molecule has 2 amide bonds. The van der Waals surface area contributed by atoms with Crippen molar-refractivity contribution in [3.8, 4) is 6.07 Å². The van der Waals surface area contributed by atoms with Crippen LogP contribution in [-0.2, 0) is 28.9 Å². The van der Waals surface area contributed by atoms with Crippen molar-refractivity contribution >= 4 is 45.8 Å². The van der Waals surface area contributed by atoms with Crippen molar-refractivity contribution in [2.45, 2.75) is 25.8 Å². The first-order valence-electron chi connectivity index (χ1n) is 10.5. The number of anilines is 1. The standard InChI is InChI=1S/C24H22N4O3S2/c25-13-20-19-5-3-17(15-31-24(30)27-14-16-7-9-26-10-8-16)12-21(19)33-23(20)28-22(29)6-4-18-2-1-11-32-18/h1-2,4,6-11,17H,3,5,12,14-15H2,(H,27,30)(H,28,29)/b6-4+. The molecule has 3 aromatic heterocycles. The second-order valence-corrected chi connectivity index (χ2v) is 9.66. The number of hydrogen-bond acceptors (Lipinski definition) is 7. The molecule has 3 aromatic rings. The third-order valence-electron chi connectivity index (χ3n) is 5.29. The highest BCUT2D eigenvalue weighted by Crippen LogP contribution is 2.39. The highest BCUT2D eigenvalue weighted by atomic mass is 32.1. The predicted molar refractivity (Wildman–Crippen MR) is 129 cm³/mol. The number of hydrogen-bond donors (Lipinski definition) is 2. The van der Waals surface area contributed by atoms with Crippen LogP contribution >= 0.6 is 22.7 Å². The van der Waals surface area contributed by atoms with Gasteiger partial charge in [-0.05, 0) is 66.0 Å². The molecule has 0 radical (unpaired) electrons. The van der Waals surface area contributed by atoms with Gasteiger partial charge in [-0.3, -0.25) is 9.78 Å². The minimum absolute atomic E-state index is 0.177. The highest BCUT2D eigenvalue weighted by molar-refractivity contribution is 7.16. The van der Waals surface area contributed by atoms with Crippen molar-refractivity contribution in [3.63, 3.8) is 0 Å². The Kier molecular flexibility index (Phi) is 7.50. The summed E-state index contributed by atoms with van der Waals surface area (Å²) >= 11 is 2.99. The molecule has 7 nitrogen and oxygen atoms in total. The quantitative estimate of drug-likeness (QED) is 0.477. The van der Waals surface area contributed by atoms with Crippen LogP contribution in [0.2, 0.25) is 0 Å². The molecule has 1 aliphatic rings. The summed E-state index contributed by atoms with van der Waals surface area (Å²) in [6, 6.07) is 9.77. The van der Waals surface area contributed by atoms with Crippen molar-refractivity contribution < 1.29 is 14.3 Å². The third kappa shape index (κ3) is 6.06. The van der Waals surface area contributed by atoms with Gasteiger partial charge in [0.25, 0.3) is 0 Å². The Morgan fingerprint density at radius 3 is 2.91 bits per heavy atom. The summed E-state index contributed by atoms with van der Waals surface area (Å²) in [5.74, 6) is -0.0825. The number of carbonyl (C=O) groups excluding carboxylic acids is 2.